The Morgan fingerprint density at radius 3 is 2.39 bits per heavy atom. The minimum absolute atomic E-state index is 0.0996. The van der Waals surface area contributed by atoms with E-state index >= 15 is 0 Å². The minimum Gasteiger partial charge on any atom is -0.490 e. The summed E-state index contributed by atoms with van der Waals surface area (Å²) in [4.78, 5) is 37.1. The second-order valence-electron chi connectivity index (χ2n) is 6.45. The van der Waals surface area contributed by atoms with E-state index in [1.54, 1.807) is 0 Å². The van der Waals surface area contributed by atoms with Crippen LogP contribution >= 0.6 is 0 Å². The van der Waals surface area contributed by atoms with Crippen molar-refractivity contribution < 1.29 is 28.6 Å². The summed E-state index contributed by atoms with van der Waals surface area (Å²) in [5, 5.41) is 0. The van der Waals surface area contributed by atoms with Crippen LogP contribution in [0.2, 0.25) is 0 Å². The Morgan fingerprint density at radius 2 is 1.75 bits per heavy atom. The van der Waals surface area contributed by atoms with Gasteiger partial charge in [-0.05, 0) is 37.0 Å². The average molecular weight is 389 g/mol. The molecule has 1 heterocycles. The van der Waals surface area contributed by atoms with Crippen LogP contribution in [0.4, 0.5) is 0 Å². The van der Waals surface area contributed by atoms with Gasteiger partial charge in [0.05, 0.1) is 26.7 Å². The number of ketones is 1. The van der Waals surface area contributed by atoms with Crippen molar-refractivity contribution in [2.24, 2.45) is 0 Å². The molecule has 28 heavy (non-hydrogen) atoms. The van der Waals surface area contributed by atoms with E-state index in [1.165, 1.54) is 18.2 Å². The van der Waals surface area contributed by atoms with Crippen molar-refractivity contribution in [3.05, 3.63) is 35.5 Å². The number of amides is 1. The van der Waals surface area contributed by atoms with Crippen molar-refractivity contribution in [3.63, 3.8) is 0 Å². The van der Waals surface area contributed by atoms with Gasteiger partial charge in [-0.25, -0.2) is 4.79 Å². The fourth-order valence-corrected chi connectivity index (χ4v) is 2.71. The number of rotatable bonds is 10. The molecule has 2 rings (SSSR count). The quantitative estimate of drug-likeness (QED) is 0.348. The van der Waals surface area contributed by atoms with Crippen LogP contribution < -0.4 is 9.47 Å². The van der Waals surface area contributed by atoms with E-state index in [1.807, 2.05) is 32.0 Å². The molecule has 0 fully saturated rings. The standard InChI is InChI=1S/C21H27NO6/c1-4-10-27-18-7-6-15(12-19(18)28-11-5-2)8-9-22-14-16(21(25)26-3)17(23)13-20(22)24/h6-7,12,14H,4-5,8-11,13H2,1-3H3. The lowest BCUT2D eigenvalue weighted by Crippen LogP contribution is -2.36. The molecule has 1 aromatic rings. The van der Waals surface area contributed by atoms with E-state index in [4.69, 9.17) is 9.47 Å². The summed E-state index contributed by atoms with van der Waals surface area (Å²) in [6.45, 7) is 5.61. The third-order valence-corrected chi connectivity index (χ3v) is 4.20. The fourth-order valence-electron chi connectivity index (χ4n) is 2.71. The molecule has 0 aromatic heterocycles. The molecule has 152 valence electrons. The highest BCUT2D eigenvalue weighted by atomic mass is 16.5. The molecule has 1 aromatic carbocycles. The molecule has 0 atom stereocenters. The summed E-state index contributed by atoms with van der Waals surface area (Å²) in [6, 6.07) is 5.70. The van der Waals surface area contributed by atoms with E-state index in [2.05, 4.69) is 4.74 Å². The number of hydrogen-bond donors (Lipinski definition) is 0. The Labute approximate surface area is 165 Å². The van der Waals surface area contributed by atoms with Gasteiger partial charge in [0, 0.05) is 12.7 Å². The molecule has 0 radical (unpaired) electrons. The van der Waals surface area contributed by atoms with Crippen LogP contribution in [-0.4, -0.2) is 49.4 Å². The van der Waals surface area contributed by atoms with Gasteiger partial charge in [0.15, 0.2) is 17.3 Å². The van der Waals surface area contributed by atoms with Gasteiger partial charge in [-0.15, -0.1) is 0 Å². The number of carbonyl (C=O) groups excluding carboxylic acids is 3. The van der Waals surface area contributed by atoms with Crippen molar-refractivity contribution in [2.45, 2.75) is 39.5 Å². The second-order valence-corrected chi connectivity index (χ2v) is 6.45. The predicted molar refractivity (Wildman–Crippen MR) is 103 cm³/mol. The smallest absolute Gasteiger partial charge is 0.343 e. The molecule has 0 unspecified atom stereocenters. The lowest BCUT2D eigenvalue weighted by Gasteiger charge is -2.23. The zero-order valence-corrected chi connectivity index (χ0v) is 16.7. The molecule has 0 N–H and O–H groups in total. The molecule has 0 bridgehead atoms. The van der Waals surface area contributed by atoms with Crippen LogP contribution in [0.1, 0.15) is 38.7 Å². The number of carbonyl (C=O) groups is 3. The zero-order chi connectivity index (χ0) is 20.5. The average Bonchev–Trinajstić information content (AvgIpc) is 2.70. The van der Waals surface area contributed by atoms with Gasteiger partial charge >= 0.3 is 5.97 Å². The van der Waals surface area contributed by atoms with Crippen LogP contribution in [0, 0.1) is 0 Å². The molecule has 0 saturated heterocycles. The summed E-state index contributed by atoms with van der Waals surface area (Å²) in [5.41, 5.74) is 0.866. The second kappa shape index (κ2) is 10.5. The topological polar surface area (TPSA) is 82.1 Å². The number of hydrogen-bond acceptors (Lipinski definition) is 6. The van der Waals surface area contributed by atoms with Crippen LogP contribution in [0.3, 0.4) is 0 Å². The first-order chi connectivity index (χ1) is 13.5. The highest BCUT2D eigenvalue weighted by Crippen LogP contribution is 2.29. The first kappa shape index (κ1) is 21.5. The van der Waals surface area contributed by atoms with Crippen molar-refractivity contribution in [3.8, 4) is 11.5 Å². The van der Waals surface area contributed by atoms with Crippen LogP contribution in [0.15, 0.2) is 30.0 Å². The largest absolute Gasteiger partial charge is 0.490 e. The van der Waals surface area contributed by atoms with Crippen molar-refractivity contribution >= 4 is 17.7 Å². The Balaban J connectivity index is 2.11. The number of benzene rings is 1. The monoisotopic (exact) mass is 389 g/mol. The van der Waals surface area contributed by atoms with Crippen LogP contribution in [0.5, 0.6) is 11.5 Å². The summed E-state index contributed by atoms with van der Waals surface area (Å²) >= 11 is 0. The highest BCUT2D eigenvalue weighted by molar-refractivity contribution is 6.23. The highest BCUT2D eigenvalue weighted by Gasteiger charge is 2.30. The van der Waals surface area contributed by atoms with Gasteiger partial charge in [0.25, 0.3) is 0 Å². The number of methoxy groups -OCH3 is 1. The maximum atomic E-state index is 12.1. The van der Waals surface area contributed by atoms with Gasteiger partial charge < -0.3 is 19.1 Å². The summed E-state index contributed by atoms with van der Waals surface area (Å²) in [5.74, 6) is -0.190. The number of esters is 1. The molecule has 1 aliphatic heterocycles. The van der Waals surface area contributed by atoms with E-state index in [-0.39, 0.29) is 17.9 Å². The normalized spacial score (nSPS) is 14.0. The molecule has 1 amide bonds. The Hall–Kier alpha value is -2.83. The van der Waals surface area contributed by atoms with Gasteiger partial charge in [-0.2, -0.15) is 0 Å². The minimum atomic E-state index is -0.727. The molecule has 7 heteroatoms. The molecule has 7 nitrogen and oxygen atoms in total. The number of nitrogens with zero attached hydrogens (tertiary/aromatic N) is 1. The van der Waals surface area contributed by atoms with E-state index in [0.29, 0.717) is 37.7 Å². The first-order valence-corrected chi connectivity index (χ1v) is 9.51. The van der Waals surface area contributed by atoms with Gasteiger partial charge in [0.1, 0.15) is 5.57 Å². The van der Waals surface area contributed by atoms with E-state index in [0.717, 1.165) is 18.4 Å². The predicted octanol–water partition coefficient (Wildman–Crippen LogP) is 2.67. The lowest BCUT2D eigenvalue weighted by atomic mass is 10.0. The van der Waals surface area contributed by atoms with Gasteiger partial charge in [-0.3, -0.25) is 9.59 Å². The van der Waals surface area contributed by atoms with Crippen LogP contribution in [0.25, 0.3) is 0 Å². The van der Waals surface area contributed by atoms with E-state index < -0.39 is 11.8 Å². The van der Waals surface area contributed by atoms with Crippen molar-refractivity contribution in [1.82, 2.24) is 4.90 Å². The molecule has 0 spiro atoms. The summed E-state index contributed by atoms with van der Waals surface area (Å²) < 4.78 is 16.1. The SMILES string of the molecule is CCCOc1ccc(CCN2C=C(C(=O)OC)C(=O)CC2=O)cc1OCCC. The molecule has 0 aliphatic carbocycles. The van der Waals surface area contributed by atoms with Gasteiger partial charge in [0.2, 0.25) is 5.91 Å². The number of ether oxygens (including phenoxy) is 3. The Morgan fingerprint density at radius 1 is 1.07 bits per heavy atom. The molecule has 1 aliphatic rings. The third-order valence-electron chi connectivity index (χ3n) is 4.20. The Bertz CT molecular complexity index is 755. The number of Topliss-reactive ketones (excluding diaryl/α,β-unsaturated/α-hetero) is 1. The van der Waals surface area contributed by atoms with E-state index in [9.17, 15) is 14.4 Å². The first-order valence-electron chi connectivity index (χ1n) is 9.51. The van der Waals surface area contributed by atoms with Crippen LogP contribution in [-0.2, 0) is 25.5 Å². The van der Waals surface area contributed by atoms with Crippen molar-refractivity contribution in [2.75, 3.05) is 26.9 Å². The Kier molecular flexibility index (Phi) is 8.04. The maximum absolute atomic E-state index is 12.1. The molecule has 0 saturated carbocycles. The molecular weight excluding hydrogens is 362 g/mol. The fraction of sp³-hybridized carbons (Fsp3) is 0.476. The van der Waals surface area contributed by atoms with Crippen molar-refractivity contribution in [1.29, 1.82) is 0 Å². The summed E-state index contributed by atoms with van der Waals surface area (Å²) in [7, 11) is 1.21. The third kappa shape index (κ3) is 5.58. The summed E-state index contributed by atoms with van der Waals surface area (Å²) in [6.07, 6.45) is 3.29. The van der Waals surface area contributed by atoms with Gasteiger partial charge in [-0.1, -0.05) is 19.9 Å². The maximum Gasteiger partial charge on any atom is 0.343 e. The molecular formula is C21H27NO6. The zero-order valence-electron chi connectivity index (χ0n) is 16.7. The lowest BCUT2D eigenvalue weighted by molar-refractivity contribution is -0.140.